The van der Waals surface area contributed by atoms with Crippen molar-refractivity contribution in [3.63, 3.8) is 0 Å². The second-order valence-electron chi connectivity index (χ2n) is 13.2. The molecule has 0 rings (SSSR count). The lowest BCUT2D eigenvalue weighted by Crippen LogP contribution is -1.98. The summed E-state index contributed by atoms with van der Waals surface area (Å²) in [5.74, 6) is -0.224. The van der Waals surface area contributed by atoms with Gasteiger partial charge in [0.15, 0.2) is 0 Å². The minimum Gasteiger partial charge on any atom is -0.462 e. The summed E-state index contributed by atoms with van der Waals surface area (Å²) < 4.78 is 4.98. The highest BCUT2D eigenvalue weighted by Crippen LogP contribution is 2.17. The van der Waals surface area contributed by atoms with Crippen LogP contribution in [-0.4, -0.2) is 12.6 Å². The van der Waals surface area contributed by atoms with Gasteiger partial charge >= 0.3 is 5.97 Å². The van der Waals surface area contributed by atoms with E-state index in [4.69, 9.17) is 4.74 Å². The second-order valence-corrected chi connectivity index (χ2v) is 13.2. The predicted octanol–water partition coefficient (Wildman–Crippen LogP) is 13.6. The maximum atomic E-state index is 10.8. The SMILES string of the molecule is CC(=O)OC/C=C(\C)CC/C=C(\C)CC/C=C(\C)CC/C=C(\C)CC/C=C(\C)CC/C=C(\C)CC/C=C(\C)CCC=C(C)C. The van der Waals surface area contributed by atoms with E-state index in [9.17, 15) is 4.79 Å². The molecule has 0 atom stereocenters. The van der Waals surface area contributed by atoms with Crippen molar-refractivity contribution < 1.29 is 9.53 Å². The van der Waals surface area contributed by atoms with Crippen molar-refractivity contribution in [1.29, 1.82) is 0 Å². The number of carbonyl (C=O) groups excluding carboxylic acids is 1. The first kappa shape index (κ1) is 41.4. The van der Waals surface area contributed by atoms with Crippen LogP contribution in [0.25, 0.3) is 0 Å². The lowest BCUT2D eigenvalue weighted by Gasteiger charge is -2.04. The minimum atomic E-state index is -0.224. The van der Waals surface area contributed by atoms with Gasteiger partial charge in [0.25, 0.3) is 0 Å². The van der Waals surface area contributed by atoms with Gasteiger partial charge in [-0.2, -0.15) is 0 Å². The van der Waals surface area contributed by atoms with E-state index in [1.165, 1.54) is 77.2 Å². The predicted molar refractivity (Wildman–Crippen MR) is 197 cm³/mol. The number of hydrogen-bond acceptors (Lipinski definition) is 2. The van der Waals surface area contributed by atoms with Gasteiger partial charge in [0.05, 0.1) is 0 Å². The minimum absolute atomic E-state index is 0.224. The number of rotatable bonds is 23. The zero-order valence-electron chi connectivity index (χ0n) is 30.5. The molecular formula is C42H68O2. The first-order chi connectivity index (χ1) is 20.9. The molecular weight excluding hydrogens is 536 g/mol. The molecule has 2 nitrogen and oxygen atoms in total. The molecule has 0 aliphatic rings. The number of hydrogen-bond donors (Lipinski definition) is 0. The standard InChI is InChI=1S/C42H68O2/c1-34(2)18-11-19-35(3)20-12-21-36(4)22-13-23-37(5)24-14-25-38(6)26-15-27-39(7)28-16-29-40(8)30-17-31-41(9)32-33-44-42(10)43/h18,20,22,24,26,28,30,32H,11-17,19,21,23,25,27,29,31,33H2,1-10H3/b35-20+,36-22+,37-24+,38-26+,39-28+,40-30+,41-32+. The summed E-state index contributed by atoms with van der Waals surface area (Å²) in [6, 6.07) is 0. The zero-order chi connectivity index (χ0) is 33.2. The molecule has 0 heterocycles. The molecule has 44 heavy (non-hydrogen) atoms. The van der Waals surface area contributed by atoms with Crippen LogP contribution in [0.4, 0.5) is 0 Å². The second kappa shape index (κ2) is 26.8. The normalized spacial score (nSPS) is 14.3. The summed E-state index contributed by atoms with van der Waals surface area (Å²) in [6.45, 7) is 21.9. The van der Waals surface area contributed by atoms with E-state index in [0.29, 0.717) is 6.61 Å². The van der Waals surface area contributed by atoms with Crippen molar-refractivity contribution in [2.24, 2.45) is 0 Å². The average molecular weight is 605 g/mol. The van der Waals surface area contributed by atoms with Crippen LogP contribution in [-0.2, 0) is 9.53 Å². The fraction of sp³-hybridized carbons (Fsp3) is 0.595. The molecule has 2 heteroatoms. The highest BCUT2D eigenvalue weighted by Gasteiger charge is 1.97. The molecule has 0 aromatic heterocycles. The topological polar surface area (TPSA) is 26.3 Å². The Morgan fingerprint density at radius 2 is 0.591 bits per heavy atom. The Kier molecular flexibility index (Phi) is 25.2. The number of ether oxygens (including phenoxy) is 1. The summed E-state index contributed by atoms with van der Waals surface area (Å²) in [5, 5.41) is 0. The van der Waals surface area contributed by atoms with Gasteiger partial charge in [-0.3, -0.25) is 4.79 Å². The molecule has 0 bridgehead atoms. The van der Waals surface area contributed by atoms with Crippen molar-refractivity contribution in [3.8, 4) is 0 Å². The summed E-state index contributed by atoms with van der Waals surface area (Å²) in [6.07, 6.45) is 34.8. The van der Waals surface area contributed by atoms with Crippen LogP contribution in [0.2, 0.25) is 0 Å². The van der Waals surface area contributed by atoms with Crippen molar-refractivity contribution >= 4 is 5.97 Å². The molecule has 0 aromatic carbocycles. The Balaban J connectivity index is 4.20. The molecule has 0 saturated heterocycles. The van der Waals surface area contributed by atoms with E-state index in [1.807, 2.05) is 6.08 Å². The number of carbonyl (C=O) groups is 1. The summed E-state index contributed by atoms with van der Waals surface area (Å²) in [7, 11) is 0. The van der Waals surface area contributed by atoms with Crippen molar-refractivity contribution in [2.75, 3.05) is 6.61 Å². The van der Waals surface area contributed by atoms with Crippen LogP contribution < -0.4 is 0 Å². The third-order valence-corrected chi connectivity index (χ3v) is 8.00. The van der Waals surface area contributed by atoms with Crippen molar-refractivity contribution in [2.45, 2.75) is 159 Å². The molecule has 0 fully saturated rings. The molecule has 0 aliphatic heterocycles. The van der Waals surface area contributed by atoms with E-state index in [-0.39, 0.29) is 5.97 Å². The Morgan fingerprint density at radius 1 is 0.364 bits per heavy atom. The maximum Gasteiger partial charge on any atom is 0.302 e. The third-order valence-electron chi connectivity index (χ3n) is 8.00. The van der Waals surface area contributed by atoms with Gasteiger partial charge in [-0.25, -0.2) is 0 Å². The van der Waals surface area contributed by atoms with Crippen LogP contribution in [0.3, 0.4) is 0 Å². The maximum absolute atomic E-state index is 10.8. The summed E-state index contributed by atoms with van der Waals surface area (Å²) in [5.41, 5.74) is 11.7. The lowest BCUT2D eigenvalue weighted by molar-refractivity contribution is -0.139. The lowest BCUT2D eigenvalue weighted by atomic mass is 10.0. The third kappa shape index (κ3) is 28.2. The van der Waals surface area contributed by atoms with Crippen molar-refractivity contribution in [3.05, 3.63) is 93.2 Å². The summed E-state index contributed by atoms with van der Waals surface area (Å²) in [4.78, 5) is 10.8. The van der Waals surface area contributed by atoms with Crippen LogP contribution in [0.5, 0.6) is 0 Å². The Bertz CT molecular complexity index is 1060. The van der Waals surface area contributed by atoms with Gasteiger partial charge < -0.3 is 4.74 Å². The van der Waals surface area contributed by atoms with Crippen LogP contribution >= 0.6 is 0 Å². The van der Waals surface area contributed by atoms with Crippen LogP contribution in [0.1, 0.15) is 159 Å². The fourth-order valence-corrected chi connectivity index (χ4v) is 4.88. The van der Waals surface area contributed by atoms with Gasteiger partial charge in [-0.1, -0.05) is 87.1 Å². The van der Waals surface area contributed by atoms with E-state index in [0.717, 1.165) is 64.2 Å². The van der Waals surface area contributed by atoms with Gasteiger partial charge in [0, 0.05) is 6.92 Å². The Hall–Kier alpha value is -2.61. The monoisotopic (exact) mass is 605 g/mol. The largest absolute Gasteiger partial charge is 0.462 e. The molecule has 0 N–H and O–H groups in total. The first-order valence-electron chi connectivity index (χ1n) is 17.2. The molecule has 0 radical (unpaired) electrons. The van der Waals surface area contributed by atoms with Crippen molar-refractivity contribution in [1.82, 2.24) is 0 Å². The zero-order valence-corrected chi connectivity index (χ0v) is 30.5. The highest BCUT2D eigenvalue weighted by atomic mass is 16.5. The molecule has 0 aliphatic carbocycles. The highest BCUT2D eigenvalue weighted by molar-refractivity contribution is 5.66. The molecule has 0 amide bonds. The van der Waals surface area contributed by atoms with E-state index in [2.05, 4.69) is 105 Å². The number of allylic oxidation sites excluding steroid dienone is 15. The molecule has 248 valence electrons. The van der Waals surface area contributed by atoms with Crippen LogP contribution in [0.15, 0.2) is 93.2 Å². The van der Waals surface area contributed by atoms with E-state index < -0.39 is 0 Å². The van der Waals surface area contributed by atoms with Gasteiger partial charge in [-0.15, -0.1) is 0 Å². The van der Waals surface area contributed by atoms with E-state index >= 15 is 0 Å². The Labute approximate surface area is 273 Å². The smallest absolute Gasteiger partial charge is 0.302 e. The first-order valence-corrected chi connectivity index (χ1v) is 17.2. The fourth-order valence-electron chi connectivity index (χ4n) is 4.88. The average Bonchev–Trinajstić information content (AvgIpc) is 2.92. The van der Waals surface area contributed by atoms with E-state index in [1.54, 1.807) is 0 Å². The summed E-state index contributed by atoms with van der Waals surface area (Å²) >= 11 is 0. The Morgan fingerprint density at radius 3 is 0.818 bits per heavy atom. The van der Waals surface area contributed by atoms with Gasteiger partial charge in [-0.05, 0) is 158 Å². The van der Waals surface area contributed by atoms with Crippen LogP contribution in [0, 0.1) is 0 Å². The van der Waals surface area contributed by atoms with Gasteiger partial charge in [0.1, 0.15) is 6.61 Å². The molecule has 0 spiro atoms. The molecule has 0 aromatic rings. The molecule has 0 saturated carbocycles. The molecule has 0 unspecified atom stereocenters. The van der Waals surface area contributed by atoms with Gasteiger partial charge in [0.2, 0.25) is 0 Å². The number of esters is 1. The quantitative estimate of drug-likeness (QED) is 0.0856.